The Morgan fingerprint density at radius 2 is 1.42 bits per heavy atom. The van der Waals surface area contributed by atoms with Crippen LogP contribution in [0.5, 0.6) is 17.2 Å². The summed E-state index contributed by atoms with van der Waals surface area (Å²) >= 11 is 0. The van der Waals surface area contributed by atoms with Crippen LogP contribution in [0.4, 0.5) is 5.69 Å². The van der Waals surface area contributed by atoms with Crippen molar-refractivity contribution in [2.75, 3.05) is 26.6 Å². The lowest BCUT2D eigenvalue weighted by Gasteiger charge is -2.16. The molecule has 1 N–H and O–H groups in total. The van der Waals surface area contributed by atoms with Crippen LogP contribution >= 0.6 is 0 Å². The fraction of sp³-hybridized carbons (Fsp3) is 0.167. The highest BCUT2D eigenvalue weighted by Crippen LogP contribution is 2.34. The number of rotatable bonds is 8. The molecule has 7 nitrogen and oxygen atoms in total. The van der Waals surface area contributed by atoms with Crippen molar-refractivity contribution < 1.29 is 28.5 Å². The van der Waals surface area contributed by atoms with Gasteiger partial charge in [-0.1, -0.05) is 42.5 Å². The quantitative estimate of drug-likeness (QED) is 0.546. The minimum absolute atomic E-state index is 0.135. The van der Waals surface area contributed by atoms with Crippen LogP contribution < -0.4 is 19.5 Å². The van der Waals surface area contributed by atoms with Gasteiger partial charge in [-0.15, -0.1) is 0 Å². The van der Waals surface area contributed by atoms with Crippen molar-refractivity contribution >= 4 is 17.6 Å². The summed E-state index contributed by atoms with van der Waals surface area (Å²) in [4.78, 5) is 25.3. The summed E-state index contributed by atoms with van der Waals surface area (Å²) in [6.07, 6.45) is 0. The molecule has 0 radical (unpaired) electrons. The number of carbonyl (C=O) groups is 2. The van der Waals surface area contributed by atoms with E-state index in [0.29, 0.717) is 29.4 Å². The van der Waals surface area contributed by atoms with Gasteiger partial charge < -0.3 is 24.3 Å². The molecule has 0 bridgehead atoms. The third-order valence-electron chi connectivity index (χ3n) is 4.55. The van der Waals surface area contributed by atoms with Crippen LogP contribution in [-0.4, -0.2) is 33.2 Å². The molecule has 1 amide bonds. The number of carbonyl (C=O) groups excluding carboxylic acids is 2. The van der Waals surface area contributed by atoms with Crippen molar-refractivity contribution in [2.45, 2.75) is 6.61 Å². The summed E-state index contributed by atoms with van der Waals surface area (Å²) in [6.45, 7) is 0.314. The molecule has 0 unspecified atom stereocenters. The molecule has 3 aromatic carbocycles. The zero-order valence-electron chi connectivity index (χ0n) is 17.5. The van der Waals surface area contributed by atoms with E-state index in [1.807, 2.05) is 30.3 Å². The van der Waals surface area contributed by atoms with Gasteiger partial charge in [0.1, 0.15) is 12.4 Å². The summed E-state index contributed by atoms with van der Waals surface area (Å²) in [5, 5.41) is 2.75. The van der Waals surface area contributed by atoms with E-state index < -0.39 is 11.9 Å². The first-order chi connectivity index (χ1) is 15.1. The molecule has 0 fully saturated rings. The molecule has 160 valence electrons. The zero-order chi connectivity index (χ0) is 22.2. The Kier molecular flexibility index (Phi) is 7.11. The summed E-state index contributed by atoms with van der Waals surface area (Å²) in [6, 6.07) is 19.5. The van der Waals surface area contributed by atoms with Crippen molar-refractivity contribution in [3.05, 3.63) is 83.4 Å². The van der Waals surface area contributed by atoms with E-state index in [4.69, 9.17) is 18.9 Å². The van der Waals surface area contributed by atoms with Crippen LogP contribution in [0.3, 0.4) is 0 Å². The topological polar surface area (TPSA) is 83.1 Å². The molecule has 0 saturated heterocycles. The number of amides is 1. The molecular weight excluding hydrogens is 398 g/mol. The summed E-state index contributed by atoms with van der Waals surface area (Å²) in [5.74, 6) is 0.0569. The van der Waals surface area contributed by atoms with E-state index in [9.17, 15) is 9.59 Å². The van der Waals surface area contributed by atoms with Crippen LogP contribution in [0, 0.1) is 0 Å². The number of methoxy groups -OCH3 is 3. The van der Waals surface area contributed by atoms with Gasteiger partial charge in [0.2, 0.25) is 0 Å². The first-order valence-corrected chi connectivity index (χ1v) is 9.48. The Morgan fingerprint density at radius 1 is 0.774 bits per heavy atom. The van der Waals surface area contributed by atoms with Gasteiger partial charge in [-0.05, 0) is 17.7 Å². The summed E-state index contributed by atoms with van der Waals surface area (Å²) in [5.41, 5.74) is 1.66. The van der Waals surface area contributed by atoms with Gasteiger partial charge in [0.15, 0.2) is 11.5 Å². The van der Waals surface area contributed by atoms with Crippen molar-refractivity contribution in [3.8, 4) is 17.2 Å². The second-order valence-corrected chi connectivity index (χ2v) is 6.47. The number of para-hydroxylation sites is 1. The Hall–Kier alpha value is -4.00. The van der Waals surface area contributed by atoms with Crippen LogP contribution in [0.15, 0.2) is 66.7 Å². The van der Waals surface area contributed by atoms with E-state index in [1.54, 1.807) is 24.3 Å². The lowest BCUT2D eigenvalue weighted by molar-refractivity contribution is 0.0601. The zero-order valence-corrected chi connectivity index (χ0v) is 17.5. The summed E-state index contributed by atoms with van der Waals surface area (Å²) < 4.78 is 21.2. The molecule has 0 spiro atoms. The molecule has 3 aromatic rings. The van der Waals surface area contributed by atoms with Gasteiger partial charge >= 0.3 is 5.97 Å². The fourth-order valence-electron chi connectivity index (χ4n) is 2.97. The first kappa shape index (κ1) is 21.7. The van der Waals surface area contributed by atoms with E-state index >= 15 is 0 Å². The number of benzene rings is 3. The fourth-order valence-corrected chi connectivity index (χ4v) is 2.97. The maximum Gasteiger partial charge on any atom is 0.340 e. The van der Waals surface area contributed by atoms with E-state index in [2.05, 4.69) is 5.32 Å². The Labute approximate surface area is 180 Å². The van der Waals surface area contributed by atoms with Crippen LogP contribution in [0.25, 0.3) is 0 Å². The number of hydrogen-bond acceptors (Lipinski definition) is 6. The van der Waals surface area contributed by atoms with Gasteiger partial charge in [-0.2, -0.15) is 0 Å². The minimum atomic E-state index is -0.620. The largest absolute Gasteiger partial charge is 0.493 e. The summed E-state index contributed by atoms with van der Waals surface area (Å²) in [7, 11) is 4.18. The molecule has 0 aliphatic carbocycles. The highest BCUT2D eigenvalue weighted by Gasteiger charge is 2.21. The van der Waals surface area contributed by atoms with Crippen LogP contribution in [-0.2, 0) is 11.3 Å². The smallest absolute Gasteiger partial charge is 0.340 e. The van der Waals surface area contributed by atoms with Gasteiger partial charge in [0.05, 0.1) is 38.1 Å². The highest BCUT2D eigenvalue weighted by atomic mass is 16.5. The van der Waals surface area contributed by atoms with Crippen molar-refractivity contribution in [3.63, 3.8) is 0 Å². The molecule has 31 heavy (non-hydrogen) atoms. The van der Waals surface area contributed by atoms with Crippen molar-refractivity contribution in [2.24, 2.45) is 0 Å². The number of hydrogen-bond donors (Lipinski definition) is 1. The van der Waals surface area contributed by atoms with E-state index in [1.165, 1.54) is 33.5 Å². The lowest BCUT2D eigenvalue weighted by Crippen LogP contribution is -2.17. The second kappa shape index (κ2) is 10.2. The van der Waals surface area contributed by atoms with Gasteiger partial charge in [0.25, 0.3) is 5.91 Å². The third kappa shape index (κ3) is 5.14. The minimum Gasteiger partial charge on any atom is -0.493 e. The van der Waals surface area contributed by atoms with Gasteiger partial charge in [-0.3, -0.25) is 4.79 Å². The Morgan fingerprint density at radius 3 is 2.10 bits per heavy atom. The van der Waals surface area contributed by atoms with Crippen LogP contribution in [0.1, 0.15) is 26.3 Å². The molecule has 0 saturated carbocycles. The number of nitrogens with one attached hydrogen (secondary N) is 1. The van der Waals surface area contributed by atoms with E-state index in [0.717, 1.165) is 5.56 Å². The molecule has 0 aliphatic heterocycles. The first-order valence-electron chi connectivity index (χ1n) is 9.48. The predicted octanol–water partition coefficient (Wildman–Crippen LogP) is 4.32. The molecule has 0 aromatic heterocycles. The maximum absolute atomic E-state index is 13.0. The number of anilines is 1. The lowest BCUT2D eigenvalue weighted by atomic mass is 10.1. The average Bonchev–Trinajstić information content (AvgIpc) is 2.82. The Balaban J connectivity index is 1.88. The molecule has 7 heteroatoms. The van der Waals surface area contributed by atoms with Crippen molar-refractivity contribution in [1.82, 2.24) is 0 Å². The maximum atomic E-state index is 13.0. The molecular formula is C24H23NO6. The van der Waals surface area contributed by atoms with Crippen LogP contribution in [0.2, 0.25) is 0 Å². The monoisotopic (exact) mass is 421 g/mol. The third-order valence-corrected chi connectivity index (χ3v) is 4.55. The van der Waals surface area contributed by atoms with E-state index in [-0.39, 0.29) is 11.3 Å². The molecule has 0 aliphatic rings. The average molecular weight is 421 g/mol. The molecule has 0 heterocycles. The normalized spacial score (nSPS) is 10.2. The Bertz CT molecular complexity index is 1060. The predicted molar refractivity (Wildman–Crippen MR) is 116 cm³/mol. The van der Waals surface area contributed by atoms with Gasteiger partial charge in [0, 0.05) is 12.1 Å². The number of esters is 1. The molecule has 3 rings (SSSR count). The standard InChI is InChI=1S/C24H23NO6/c1-28-21-13-18(24(27)30-3)19(14-22(21)29-2)25-23(26)17-11-7-8-12-20(17)31-15-16-9-5-4-6-10-16/h4-14H,15H2,1-3H3,(H,25,26). The van der Waals surface area contributed by atoms with Crippen molar-refractivity contribution in [1.29, 1.82) is 0 Å². The molecule has 0 atom stereocenters. The number of ether oxygens (including phenoxy) is 4. The SMILES string of the molecule is COC(=O)c1cc(OC)c(OC)cc1NC(=O)c1ccccc1OCc1ccccc1. The highest BCUT2D eigenvalue weighted by molar-refractivity contribution is 6.09. The second-order valence-electron chi connectivity index (χ2n) is 6.47. The van der Waals surface area contributed by atoms with Gasteiger partial charge in [-0.25, -0.2) is 4.79 Å².